The van der Waals surface area contributed by atoms with Crippen molar-refractivity contribution in [3.63, 3.8) is 0 Å². The minimum Gasteiger partial charge on any atom is -0.303 e. The molecular formula is C13H19ClN2. The minimum atomic E-state index is 0.0948. The second-order valence-electron chi connectivity index (χ2n) is 4.94. The quantitative estimate of drug-likeness (QED) is 0.742. The zero-order chi connectivity index (χ0) is 11.8. The fraction of sp³-hybridized carbons (Fsp3) is 0.538. The number of piperazine rings is 1. The molecule has 0 aliphatic carbocycles. The maximum absolute atomic E-state index is 5.94. The van der Waals surface area contributed by atoms with Gasteiger partial charge in [-0.15, -0.1) is 0 Å². The van der Waals surface area contributed by atoms with Gasteiger partial charge >= 0.3 is 0 Å². The van der Waals surface area contributed by atoms with Crippen LogP contribution >= 0.6 is 11.6 Å². The molecule has 1 aliphatic rings. The third-order valence-corrected chi connectivity index (χ3v) is 3.96. The third-order valence-electron chi connectivity index (χ3n) is 3.70. The summed E-state index contributed by atoms with van der Waals surface area (Å²) in [5, 5.41) is 0.805. The van der Waals surface area contributed by atoms with Crippen LogP contribution in [0, 0.1) is 0 Å². The van der Waals surface area contributed by atoms with E-state index in [0.29, 0.717) is 0 Å². The Morgan fingerprint density at radius 2 is 1.75 bits per heavy atom. The van der Waals surface area contributed by atoms with Gasteiger partial charge in [0.15, 0.2) is 0 Å². The van der Waals surface area contributed by atoms with E-state index in [-0.39, 0.29) is 5.54 Å². The molecule has 1 atom stereocenters. The molecule has 0 spiro atoms. The molecule has 0 saturated carbocycles. The second-order valence-corrected chi connectivity index (χ2v) is 5.38. The van der Waals surface area contributed by atoms with Gasteiger partial charge in [-0.2, -0.15) is 0 Å². The first-order chi connectivity index (χ1) is 7.52. The van der Waals surface area contributed by atoms with Gasteiger partial charge in [-0.1, -0.05) is 23.7 Å². The maximum Gasteiger partial charge on any atom is 0.0557 e. The molecule has 1 fully saturated rings. The van der Waals surface area contributed by atoms with Gasteiger partial charge in [0.05, 0.1) is 5.54 Å². The highest BCUT2D eigenvalue weighted by atomic mass is 35.5. The monoisotopic (exact) mass is 238 g/mol. The van der Waals surface area contributed by atoms with E-state index in [1.807, 2.05) is 12.1 Å². The molecule has 1 aromatic rings. The van der Waals surface area contributed by atoms with Crippen molar-refractivity contribution in [3.05, 3.63) is 34.9 Å². The molecule has 0 N–H and O–H groups in total. The lowest BCUT2D eigenvalue weighted by Gasteiger charge is -2.46. The molecule has 2 rings (SSSR count). The van der Waals surface area contributed by atoms with Crippen LogP contribution in [0.15, 0.2) is 24.3 Å². The van der Waals surface area contributed by atoms with Gasteiger partial charge in [-0.3, -0.25) is 4.90 Å². The number of hydrogen-bond acceptors (Lipinski definition) is 2. The Kier molecular flexibility index (Phi) is 3.24. The third kappa shape index (κ3) is 2.10. The lowest BCUT2D eigenvalue weighted by molar-refractivity contribution is 0.0380. The molecule has 2 nitrogen and oxygen atoms in total. The van der Waals surface area contributed by atoms with Gasteiger partial charge in [0.2, 0.25) is 0 Å². The Hall–Kier alpha value is -0.570. The summed E-state index contributed by atoms with van der Waals surface area (Å²) in [5.41, 5.74) is 1.43. The van der Waals surface area contributed by atoms with Crippen molar-refractivity contribution in [3.8, 4) is 0 Å². The van der Waals surface area contributed by atoms with Crippen molar-refractivity contribution in [1.29, 1.82) is 0 Å². The number of hydrogen-bond donors (Lipinski definition) is 0. The Morgan fingerprint density at radius 1 is 1.12 bits per heavy atom. The molecule has 1 saturated heterocycles. The van der Waals surface area contributed by atoms with Crippen molar-refractivity contribution in [2.24, 2.45) is 0 Å². The van der Waals surface area contributed by atoms with Gasteiger partial charge in [0.25, 0.3) is 0 Å². The Morgan fingerprint density at radius 3 is 2.38 bits per heavy atom. The van der Waals surface area contributed by atoms with Crippen LogP contribution < -0.4 is 0 Å². The van der Waals surface area contributed by atoms with Crippen LogP contribution in [0.2, 0.25) is 5.02 Å². The second kappa shape index (κ2) is 4.36. The van der Waals surface area contributed by atoms with E-state index in [4.69, 9.17) is 11.6 Å². The molecule has 0 amide bonds. The molecule has 16 heavy (non-hydrogen) atoms. The molecule has 0 bridgehead atoms. The molecule has 1 aliphatic heterocycles. The Balaban J connectivity index is 2.32. The molecule has 1 aromatic carbocycles. The van der Waals surface area contributed by atoms with Crippen LogP contribution in [0.3, 0.4) is 0 Å². The van der Waals surface area contributed by atoms with E-state index in [1.54, 1.807) is 0 Å². The summed E-state index contributed by atoms with van der Waals surface area (Å²) in [6.07, 6.45) is 0. The number of nitrogens with zero attached hydrogens (tertiary/aromatic N) is 2. The Bertz CT molecular complexity index is 363. The minimum absolute atomic E-state index is 0.0948. The molecule has 0 aromatic heterocycles. The first kappa shape index (κ1) is 11.9. The van der Waals surface area contributed by atoms with Gasteiger partial charge < -0.3 is 4.90 Å². The van der Waals surface area contributed by atoms with Crippen molar-refractivity contribution in [2.75, 3.05) is 33.7 Å². The van der Waals surface area contributed by atoms with E-state index in [2.05, 4.69) is 43.0 Å². The molecule has 1 heterocycles. The van der Waals surface area contributed by atoms with Crippen LogP contribution in [0.5, 0.6) is 0 Å². The smallest absolute Gasteiger partial charge is 0.0557 e. The summed E-state index contributed by atoms with van der Waals surface area (Å²) in [7, 11) is 4.38. The fourth-order valence-electron chi connectivity index (χ4n) is 2.41. The topological polar surface area (TPSA) is 6.48 Å². The van der Waals surface area contributed by atoms with Crippen LogP contribution in [0.1, 0.15) is 12.5 Å². The van der Waals surface area contributed by atoms with E-state index in [0.717, 1.165) is 24.7 Å². The van der Waals surface area contributed by atoms with Crippen molar-refractivity contribution in [2.45, 2.75) is 12.5 Å². The summed E-state index contributed by atoms with van der Waals surface area (Å²) in [6.45, 7) is 5.60. The maximum atomic E-state index is 5.94. The zero-order valence-electron chi connectivity index (χ0n) is 10.2. The highest BCUT2D eigenvalue weighted by molar-refractivity contribution is 6.30. The predicted molar refractivity (Wildman–Crippen MR) is 68.9 cm³/mol. The van der Waals surface area contributed by atoms with Crippen LogP contribution in [0.4, 0.5) is 0 Å². The molecule has 3 heteroatoms. The lowest BCUT2D eigenvalue weighted by atomic mass is 9.88. The number of halogens is 1. The molecule has 88 valence electrons. The standard InChI is InChI=1S/C13H19ClN2/c1-13(10-15(2)8-9-16(13)3)11-4-6-12(14)7-5-11/h4-7H,8-10H2,1-3H3. The summed E-state index contributed by atoms with van der Waals surface area (Å²) in [5.74, 6) is 0. The molecule has 1 unspecified atom stereocenters. The summed E-state index contributed by atoms with van der Waals surface area (Å²) in [6, 6.07) is 8.23. The lowest BCUT2D eigenvalue weighted by Crippen LogP contribution is -2.56. The summed E-state index contributed by atoms with van der Waals surface area (Å²) in [4.78, 5) is 4.81. The van der Waals surface area contributed by atoms with E-state index < -0.39 is 0 Å². The van der Waals surface area contributed by atoms with Crippen molar-refractivity contribution in [1.82, 2.24) is 9.80 Å². The SMILES string of the molecule is CN1CCN(C)C(C)(c2ccc(Cl)cc2)C1. The normalized spacial score (nSPS) is 28.2. The zero-order valence-corrected chi connectivity index (χ0v) is 11.0. The molecule has 0 radical (unpaired) electrons. The average molecular weight is 239 g/mol. The predicted octanol–water partition coefficient (Wildman–Crippen LogP) is 2.43. The number of likely N-dealkylation sites (N-methyl/N-ethyl adjacent to an activating group) is 2. The summed E-state index contributed by atoms with van der Waals surface area (Å²) < 4.78 is 0. The van der Waals surface area contributed by atoms with Gasteiger partial charge in [-0.25, -0.2) is 0 Å². The highest BCUT2D eigenvalue weighted by Gasteiger charge is 2.35. The Labute approximate surface area is 103 Å². The van der Waals surface area contributed by atoms with Gasteiger partial charge in [-0.05, 0) is 38.7 Å². The van der Waals surface area contributed by atoms with Crippen molar-refractivity contribution < 1.29 is 0 Å². The number of benzene rings is 1. The van der Waals surface area contributed by atoms with Gasteiger partial charge in [0.1, 0.15) is 0 Å². The summed E-state index contributed by atoms with van der Waals surface area (Å²) >= 11 is 5.94. The van der Waals surface area contributed by atoms with E-state index in [1.165, 1.54) is 5.56 Å². The van der Waals surface area contributed by atoms with Crippen LogP contribution in [-0.2, 0) is 5.54 Å². The largest absolute Gasteiger partial charge is 0.303 e. The van der Waals surface area contributed by atoms with Gasteiger partial charge in [0, 0.05) is 24.7 Å². The average Bonchev–Trinajstić information content (AvgIpc) is 2.25. The number of rotatable bonds is 1. The van der Waals surface area contributed by atoms with E-state index >= 15 is 0 Å². The highest BCUT2D eigenvalue weighted by Crippen LogP contribution is 2.31. The fourth-order valence-corrected chi connectivity index (χ4v) is 2.54. The first-order valence-corrected chi connectivity index (χ1v) is 6.06. The molecular weight excluding hydrogens is 220 g/mol. The van der Waals surface area contributed by atoms with Crippen LogP contribution in [0.25, 0.3) is 0 Å². The van der Waals surface area contributed by atoms with Crippen molar-refractivity contribution >= 4 is 11.6 Å². The van der Waals surface area contributed by atoms with Crippen LogP contribution in [-0.4, -0.2) is 43.5 Å². The first-order valence-electron chi connectivity index (χ1n) is 5.68. The van der Waals surface area contributed by atoms with E-state index in [9.17, 15) is 0 Å².